The van der Waals surface area contributed by atoms with E-state index in [0.29, 0.717) is 18.1 Å². The molecule has 0 saturated carbocycles. The van der Waals surface area contributed by atoms with Crippen LogP contribution in [0.1, 0.15) is 11.4 Å². The van der Waals surface area contributed by atoms with Crippen molar-refractivity contribution in [3.05, 3.63) is 59.9 Å². The summed E-state index contributed by atoms with van der Waals surface area (Å²) in [4.78, 5) is 0.0611. The Hall–Kier alpha value is -2.36. The van der Waals surface area contributed by atoms with Crippen molar-refractivity contribution in [2.24, 2.45) is 5.14 Å². The third kappa shape index (κ3) is 4.88. The van der Waals surface area contributed by atoms with Crippen LogP contribution in [0.4, 0.5) is 0 Å². The molecule has 3 aromatic rings. The molecule has 0 saturated heterocycles. The molecular formula is C18H20N4O3S2. The third-order valence-corrected chi connectivity index (χ3v) is 5.61. The summed E-state index contributed by atoms with van der Waals surface area (Å²) in [5.41, 5.74) is 2.20. The molecule has 7 nitrogen and oxygen atoms in total. The van der Waals surface area contributed by atoms with Crippen LogP contribution in [0.15, 0.2) is 58.6 Å². The average Bonchev–Trinajstić information content (AvgIpc) is 2.99. The first-order chi connectivity index (χ1) is 12.8. The number of primary sulfonamides is 1. The Balaban J connectivity index is 1.60. The predicted octanol–water partition coefficient (Wildman–Crippen LogP) is 2.70. The van der Waals surface area contributed by atoms with E-state index in [1.165, 1.54) is 17.7 Å². The number of nitrogens with zero attached hydrogens (tertiary/aromatic N) is 3. The number of hydrogen-bond acceptors (Lipinski definition) is 6. The number of nitrogens with two attached hydrogens (primary N) is 1. The van der Waals surface area contributed by atoms with Crippen molar-refractivity contribution in [3.63, 3.8) is 0 Å². The number of sulfonamides is 1. The summed E-state index contributed by atoms with van der Waals surface area (Å²) in [5.74, 6) is 2.07. The summed E-state index contributed by atoms with van der Waals surface area (Å²) < 4.78 is 30.2. The van der Waals surface area contributed by atoms with E-state index in [9.17, 15) is 8.42 Å². The van der Waals surface area contributed by atoms with Gasteiger partial charge >= 0.3 is 0 Å². The summed E-state index contributed by atoms with van der Waals surface area (Å²) in [6.07, 6.45) is 0. The monoisotopic (exact) mass is 404 g/mol. The van der Waals surface area contributed by atoms with E-state index in [2.05, 4.69) is 16.3 Å². The van der Waals surface area contributed by atoms with Crippen LogP contribution in [0.5, 0.6) is 5.75 Å². The zero-order valence-electron chi connectivity index (χ0n) is 15.0. The van der Waals surface area contributed by atoms with E-state index in [-0.39, 0.29) is 4.90 Å². The van der Waals surface area contributed by atoms with Crippen LogP contribution in [-0.2, 0) is 10.0 Å². The minimum absolute atomic E-state index is 0.0611. The Morgan fingerprint density at radius 2 is 1.85 bits per heavy atom. The Morgan fingerprint density at radius 3 is 2.52 bits per heavy atom. The number of aryl methyl sites for hydroxylation is 2. The van der Waals surface area contributed by atoms with Gasteiger partial charge in [0.15, 0.2) is 5.16 Å². The van der Waals surface area contributed by atoms with E-state index in [4.69, 9.17) is 9.88 Å². The number of ether oxygens (including phenoxy) is 1. The van der Waals surface area contributed by atoms with Crippen LogP contribution in [0.25, 0.3) is 5.69 Å². The number of hydrogen-bond donors (Lipinski definition) is 1. The van der Waals surface area contributed by atoms with Crippen molar-refractivity contribution in [3.8, 4) is 11.4 Å². The highest BCUT2D eigenvalue weighted by molar-refractivity contribution is 7.99. The molecule has 0 fully saturated rings. The Bertz CT molecular complexity index is 1030. The van der Waals surface area contributed by atoms with E-state index in [0.717, 1.165) is 16.7 Å². The highest BCUT2D eigenvalue weighted by Crippen LogP contribution is 2.23. The fraction of sp³-hybridized carbons (Fsp3) is 0.222. The molecule has 0 spiro atoms. The van der Waals surface area contributed by atoms with Crippen molar-refractivity contribution < 1.29 is 13.2 Å². The molecule has 142 valence electrons. The molecule has 3 rings (SSSR count). The van der Waals surface area contributed by atoms with Gasteiger partial charge in [-0.3, -0.25) is 4.57 Å². The lowest BCUT2D eigenvalue weighted by molar-refractivity contribution is 0.343. The second-order valence-corrected chi connectivity index (χ2v) is 8.54. The fourth-order valence-electron chi connectivity index (χ4n) is 2.52. The van der Waals surface area contributed by atoms with Gasteiger partial charge in [0.05, 0.1) is 11.5 Å². The molecule has 0 amide bonds. The maximum absolute atomic E-state index is 11.3. The molecule has 2 N–H and O–H groups in total. The molecule has 0 aliphatic heterocycles. The number of rotatable bonds is 7. The molecule has 0 aliphatic rings. The number of aromatic nitrogens is 3. The zero-order valence-corrected chi connectivity index (χ0v) is 16.6. The van der Waals surface area contributed by atoms with Crippen molar-refractivity contribution in [1.82, 2.24) is 14.8 Å². The fourth-order valence-corrected chi connectivity index (χ4v) is 3.85. The Labute approximate surface area is 162 Å². The molecule has 27 heavy (non-hydrogen) atoms. The minimum atomic E-state index is -3.69. The molecule has 0 aliphatic carbocycles. The Morgan fingerprint density at radius 1 is 1.11 bits per heavy atom. The lowest BCUT2D eigenvalue weighted by Crippen LogP contribution is -2.11. The molecule has 1 aromatic heterocycles. The van der Waals surface area contributed by atoms with Crippen LogP contribution in [-0.4, -0.2) is 35.5 Å². The van der Waals surface area contributed by atoms with Crippen molar-refractivity contribution in [1.29, 1.82) is 0 Å². The molecule has 0 radical (unpaired) electrons. The van der Waals surface area contributed by atoms with Gasteiger partial charge in [0.25, 0.3) is 0 Å². The lowest BCUT2D eigenvalue weighted by Gasteiger charge is -2.10. The largest absolute Gasteiger partial charge is 0.493 e. The van der Waals surface area contributed by atoms with Gasteiger partial charge in [-0.1, -0.05) is 23.9 Å². The van der Waals surface area contributed by atoms with Gasteiger partial charge in [0, 0.05) is 11.4 Å². The van der Waals surface area contributed by atoms with E-state index < -0.39 is 10.0 Å². The summed E-state index contributed by atoms with van der Waals surface area (Å²) in [5, 5.41) is 14.3. The Kier molecular flexibility index (Phi) is 5.83. The lowest BCUT2D eigenvalue weighted by atomic mass is 10.2. The maximum atomic E-state index is 11.3. The first-order valence-electron chi connectivity index (χ1n) is 8.22. The highest BCUT2D eigenvalue weighted by atomic mass is 32.2. The van der Waals surface area contributed by atoms with E-state index in [1.807, 2.05) is 36.6 Å². The quantitative estimate of drug-likeness (QED) is 0.480. The zero-order chi connectivity index (χ0) is 19.4. The number of thioether (sulfide) groups is 1. The van der Waals surface area contributed by atoms with Gasteiger partial charge in [-0.05, 0) is 55.8 Å². The van der Waals surface area contributed by atoms with Gasteiger partial charge in [-0.15, -0.1) is 10.2 Å². The highest BCUT2D eigenvalue weighted by Gasteiger charge is 2.12. The SMILES string of the molecule is Cc1cccc(-n2c(C)nnc2SCCOc2ccc(S(N)(=O)=O)cc2)c1. The summed E-state index contributed by atoms with van der Waals surface area (Å²) in [7, 11) is -3.69. The van der Waals surface area contributed by atoms with Gasteiger partial charge < -0.3 is 4.74 Å². The van der Waals surface area contributed by atoms with Crippen LogP contribution in [0.3, 0.4) is 0 Å². The van der Waals surface area contributed by atoms with Crippen molar-refractivity contribution in [2.75, 3.05) is 12.4 Å². The molecule has 2 aromatic carbocycles. The van der Waals surface area contributed by atoms with Crippen LogP contribution >= 0.6 is 11.8 Å². The van der Waals surface area contributed by atoms with Crippen molar-refractivity contribution in [2.45, 2.75) is 23.9 Å². The summed E-state index contributed by atoms with van der Waals surface area (Å²) >= 11 is 1.54. The maximum Gasteiger partial charge on any atom is 0.238 e. The minimum Gasteiger partial charge on any atom is -0.493 e. The van der Waals surface area contributed by atoms with Crippen LogP contribution in [0, 0.1) is 13.8 Å². The summed E-state index contributed by atoms with van der Waals surface area (Å²) in [6.45, 7) is 4.41. The van der Waals surface area contributed by atoms with E-state index >= 15 is 0 Å². The molecule has 0 atom stereocenters. The second-order valence-electron chi connectivity index (χ2n) is 5.92. The topological polar surface area (TPSA) is 100 Å². The molecule has 9 heteroatoms. The molecular weight excluding hydrogens is 384 g/mol. The molecule has 1 heterocycles. The van der Waals surface area contributed by atoms with Crippen molar-refractivity contribution >= 4 is 21.8 Å². The third-order valence-electron chi connectivity index (χ3n) is 3.79. The summed E-state index contributed by atoms with van der Waals surface area (Å²) in [6, 6.07) is 14.2. The van der Waals surface area contributed by atoms with Gasteiger partial charge in [0.2, 0.25) is 10.0 Å². The number of benzene rings is 2. The van der Waals surface area contributed by atoms with E-state index in [1.54, 1.807) is 23.9 Å². The van der Waals surface area contributed by atoms with Gasteiger partial charge in [-0.2, -0.15) is 0 Å². The standard InChI is InChI=1S/C18H20N4O3S2/c1-13-4-3-5-15(12-13)22-14(2)20-21-18(22)26-11-10-25-16-6-8-17(9-7-16)27(19,23)24/h3-9,12H,10-11H2,1-2H3,(H2,19,23,24). The van der Waals surface area contributed by atoms with Gasteiger partial charge in [-0.25, -0.2) is 13.6 Å². The smallest absolute Gasteiger partial charge is 0.238 e. The second kappa shape index (κ2) is 8.12. The van der Waals surface area contributed by atoms with Gasteiger partial charge in [0.1, 0.15) is 11.6 Å². The molecule has 0 bridgehead atoms. The molecule has 0 unspecified atom stereocenters. The first kappa shape index (κ1) is 19.4. The normalized spacial score (nSPS) is 11.5. The van der Waals surface area contributed by atoms with Crippen LogP contribution < -0.4 is 9.88 Å². The first-order valence-corrected chi connectivity index (χ1v) is 10.8. The average molecular weight is 405 g/mol. The van der Waals surface area contributed by atoms with Crippen LogP contribution in [0.2, 0.25) is 0 Å². The predicted molar refractivity (Wildman–Crippen MR) is 105 cm³/mol.